The molecule has 1 aliphatic rings. The molecular formula is C14H25NO3. The van der Waals surface area contributed by atoms with E-state index in [0.717, 1.165) is 38.5 Å². The summed E-state index contributed by atoms with van der Waals surface area (Å²) in [5, 5.41) is 3.01. The molecule has 1 N–H and O–H groups in total. The lowest BCUT2D eigenvalue weighted by atomic mass is 10.0. The molecule has 1 fully saturated rings. The van der Waals surface area contributed by atoms with Gasteiger partial charge in [0.15, 0.2) is 0 Å². The van der Waals surface area contributed by atoms with E-state index in [1.165, 1.54) is 7.11 Å². The minimum absolute atomic E-state index is 0.0313. The van der Waals surface area contributed by atoms with Gasteiger partial charge in [-0.15, -0.1) is 0 Å². The maximum atomic E-state index is 12.0. The molecule has 0 spiro atoms. The fourth-order valence-corrected chi connectivity index (χ4v) is 2.53. The van der Waals surface area contributed by atoms with Crippen molar-refractivity contribution in [1.29, 1.82) is 0 Å². The summed E-state index contributed by atoms with van der Waals surface area (Å²) >= 11 is 0. The topological polar surface area (TPSA) is 55.4 Å². The first kappa shape index (κ1) is 15.0. The average Bonchev–Trinajstić information content (AvgIpc) is 2.82. The number of hydrogen-bond acceptors (Lipinski definition) is 3. The Morgan fingerprint density at radius 1 is 1.39 bits per heavy atom. The van der Waals surface area contributed by atoms with Gasteiger partial charge in [0.1, 0.15) is 0 Å². The second-order valence-electron chi connectivity index (χ2n) is 5.22. The molecule has 3 atom stereocenters. The maximum Gasteiger partial charge on any atom is 0.310 e. The molecular weight excluding hydrogens is 230 g/mol. The summed E-state index contributed by atoms with van der Waals surface area (Å²) in [5.41, 5.74) is 0. The fraction of sp³-hybridized carbons (Fsp3) is 0.857. The van der Waals surface area contributed by atoms with Crippen LogP contribution < -0.4 is 5.32 Å². The van der Waals surface area contributed by atoms with Crippen molar-refractivity contribution < 1.29 is 14.3 Å². The van der Waals surface area contributed by atoms with Crippen LogP contribution in [0.25, 0.3) is 0 Å². The largest absolute Gasteiger partial charge is 0.469 e. The van der Waals surface area contributed by atoms with E-state index >= 15 is 0 Å². The molecule has 4 nitrogen and oxygen atoms in total. The minimum Gasteiger partial charge on any atom is -0.469 e. The van der Waals surface area contributed by atoms with E-state index in [4.69, 9.17) is 4.74 Å². The van der Waals surface area contributed by atoms with Crippen LogP contribution in [0.1, 0.15) is 52.4 Å². The van der Waals surface area contributed by atoms with Gasteiger partial charge in [0.2, 0.25) is 5.91 Å². The van der Waals surface area contributed by atoms with Crippen molar-refractivity contribution in [1.82, 2.24) is 5.32 Å². The zero-order valence-electron chi connectivity index (χ0n) is 11.7. The van der Waals surface area contributed by atoms with Crippen LogP contribution in [0.2, 0.25) is 0 Å². The summed E-state index contributed by atoms with van der Waals surface area (Å²) in [7, 11) is 1.41. The number of esters is 1. The van der Waals surface area contributed by atoms with Crippen LogP contribution in [0.3, 0.4) is 0 Å². The molecule has 0 bridgehead atoms. The predicted molar refractivity (Wildman–Crippen MR) is 70.0 cm³/mol. The van der Waals surface area contributed by atoms with Crippen LogP contribution in [0, 0.1) is 11.8 Å². The molecule has 1 rings (SSSR count). The molecule has 0 aliphatic heterocycles. The van der Waals surface area contributed by atoms with Crippen molar-refractivity contribution in [3.8, 4) is 0 Å². The second kappa shape index (κ2) is 7.39. The van der Waals surface area contributed by atoms with E-state index in [-0.39, 0.29) is 29.8 Å². The van der Waals surface area contributed by atoms with Crippen molar-refractivity contribution in [2.75, 3.05) is 7.11 Å². The highest BCUT2D eigenvalue weighted by atomic mass is 16.5. The van der Waals surface area contributed by atoms with Crippen molar-refractivity contribution in [3.63, 3.8) is 0 Å². The molecule has 1 aliphatic carbocycles. The van der Waals surface area contributed by atoms with Crippen molar-refractivity contribution >= 4 is 11.9 Å². The van der Waals surface area contributed by atoms with Crippen LogP contribution in [-0.4, -0.2) is 25.0 Å². The lowest BCUT2D eigenvalue weighted by Crippen LogP contribution is -2.42. The summed E-state index contributed by atoms with van der Waals surface area (Å²) < 4.78 is 4.78. The molecule has 0 heterocycles. The van der Waals surface area contributed by atoms with Gasteiger partial charge >= 0.3 is 5.97 Å². The first-order valence-corrected chi connectivity index (χ1v) is 6.98. The Morgan fingerprint density at radius 3 is 2.72 bits per heavy atom. The van der Waals surface area contributed by atoms with Crippen LogP contribution in [0.5, 0.6) is 0 Å². The van der Waals surface area contributed by atoms with Gasteiger partial charge in [0, 0.05) is 12.0 Å². The summed E-state index contributed by atoms with van der Waals surface area (Å²) in [4.78, 5) is 23.6. The van der Waals surface area contributed by atoms with Gasteiger partial charge in [-0.05, 0) is 19.3 Å². The van der Waals surface area contributed by atoms with Crippen LogP contribution in [0.4, 0.5) is 0 Å². The third kappa shape index (κ3) is 4.00. The Kier molecular flexibility index (Phi) is 6.16. The van der Waals surface area contributed by atoms with E-state index in [9.17, 15) is 9.59 Å². The standard InChI is InChI=1S/C14H25NO3/c1-4-5-7-10(2)13(16)15-12-9-6-8-11(12)14(17)18-3/h10-12H,4-9H2,1-3H3,(H,15,16)/t10-,11-,12-/m0/s1. The smallest absolute Gasteiger partial charge is 0.310 e. The lowest BCUT2D eigenvalue weighted by molar-refractivity contribution is -0.146. The van der Waals surface area contributed by atoms with Crippen LogP contribution >= 0.6 is 0 Å². The van der Waals surface area contributed by atoms with Crippen molar-refractivity contribution in [2.24, 2.45) is 11.8 Å². The molecule has 1 amide bonds. The van der Waals surface area contributed by atoms with Gasteiger partial charge in [-0.25, -0.2) is 0 Å². The summed E-state index contributed by atoms with van der Waals surface area (Å²) in [5.74, 6) is -0.246. The number of amides is 1. The Morgan fingerprint density at radius 2 is 2.11 bits per heavy atom. The van der Waals surface area contributed by atoms with Crippen molar-refractivity contribution in [3.05, 3.63) is 0 Å². The SMILES string of the molecule is CCCC[C@H](C)C(=O)N[C@H]1CCC[C@@H]1C(=O)OC. The number of rotatable bonds is 6. The molecule has 0 aromatic carbocycles. The van der Waals surface area contributed by atoms with Crippen molar-refractivity contribution in [2.45, 2.75) is 58.4 Å². The maximum absolute atomic E-state index is 12.0. The van der Waals surface area contributed by atoms with Gasteiger partial charge in [0.25, 0.3) is 0 Å². The molecule has 0 radical (unpaired) electrons. The fourth-order valence-electron chi connectivity index (χ4n) is 2.53. The van der Waals surface area contributed by atoms with Gasteiger partial charge < -0.3 is 10.1 Å². The Bertz CT molecular complexity index is 291. The first-order chi connectivity index (χ1) is 8.60. The highest BCUT2D eigenvalue weighted by Crippen LogP contribution is 2.27. The summed E-state index contributed by atoms with van der Waals surface area (Å²) in [6, 6.07) is -0.0333. The van der Waals surface area contributed by atoms with E-state index in [1.54, 1.807) is 0 Å². The highest BCUT2D eigenvalue weighted by molar-refractivity contribution is 5.80. The normalized spacial score (nSPS) is 24.6. The molecule has 0 aromatic rings. The third-order valence-corrected chi connectivity index (χ3v) is 3.79. The molecule has 104 valence electrons. The highest BCUT2D eigenvalue weighted by Gasteiger charge is 2.35. The van der Waals surface area contributed by atoms with E-state index in [1.807, 2.05) is 6.92 Å². The van der Waals surface area contributed by atoms with E-state index < -0.39 is 0 Å². The zero-order valence-corrected chi connectivity index (χ0v) is 11.7. The number of nitrogens with one attached hydrogen (secondary N) is 1. The van der Waals surface area contributed by atoms with Gasteiger partial charge in [-0.3, -0.25) is 9.59 Å². The molecule has 0 unspecified atom stereocenters. The number of carbonyl (C=O) groups excluding carboxylic acids is 2. The third-order valence-electron chi connectivity index (χ3n) is 3.79. The van der Waals surface area contributed by atoms with Crippen LogP contribution in [-0.2, 0) is 14.3 Å². The molecule has 0 aromatic heterocycles. The molecule has 18 heavy (non-hydrogen) atoms. The molecule has 0 saturated heterocycles. The monoisotopic (exact) mass is 255 g/mol. The number of methoxy groups -OCH3 is 1. The Hall–Kier alpha value is -1.06. The number of carbonyl (C=O) groups is 2. The van der Waals surface area contributed by atoms with E-state index in [2.05, 4.69) is 12.2 Å². The first-order valence-electron chi connectivity index (χ1n) is 6.98. The Labute approximate surface area is 109 Å². The number of unbranched alkanes of at least 4 members (excludes halogenated alkanes) is 1. The average molecular weight is 255 g/mol. The molecule has 4 heteroatoms. The quantitative estimate of drug-likeness (QED) is 0.741. The Balaban J connectivity index is 2.45. The van der Waals surface area contributed by atoms with Gasteiger partial charge in [0.05, 0.1) is 13.0 Å². The van der Waals surface area contributed by atoms with Gasteiger partial charge in [-0.1, -0.05) is 33.1 Å². The van der Waals surface area contributed by atoms with E-state index in [0.29, 0.717) is 0 Å². The molecule has 1 saturated carbocycles. The minimum atomic E-state index is -0.195. The number of ether oxygens (including phenoxy) is 1. The lowest BCUT2D eigenvalue weighted by Gasteiger charge is -2.21. The van der Waals surface area contributed by atoms with Crippen LogP contribution in [0.15, 0.2) is 0 Å². The summed E-state index contributed by atoms with van der Waals surface area (Å²) in [6.45, 7) is 4.07. The van der Waals surface area contributed by atoms with Gasteiger partial charge in [-0.2, -0.15) is 0 Å². The predicted octanol–water partition coefficient (Wildman–Crippen LogP) is 2.27. The summed E-state index contributed by atoms with van der Waals surface area (Å²) in [6.07, 6.45) is 5.77. The number of hydrogen-bond donors (Lipinski definition) is 1. The second-order valence-corrected chi connectivity index (χ2v) is 5.22. The zero-order chi connectivity index (χ0) is 13.5.